The molecule has 22 heavy (non-hydrogen) atoms. The van der Waals surface area contributed by atoms with Crippen molar-refractivity contribution in [2.45, 2.75) is 40.0 Å². The number of imide groups is 1. The number of carbonyl (C=O) groups excluding carboxylic acids is 2. The van der Waals surface area contributed by atoms with Crippen LogP contribution in [0.2, 0.25) is 0 Å². The van der Waals surface area contributed by atoms with E-state index in [0.29, 0.717) is 17.0 Å². The summed E-state index contributed by atoms with van der Waals surface area (Å²) in [5.41, 5.74) is 2.57. The number of thioether (sulfide) groups is 1. The van der Waals surface area contributed by atoms with Gasteiger partial charge in [-0.1, -0.05) is 56.5 Å². The lowest BCUT2D eigenvalue weighted by Crippen LogP contribution is -2.32. The van der Waals surface area contributed by atoms with Crippen molar-refractivity contribution in [1.29, 1.82) is 0 Å². The number of hydrogen-bond donors (Lipinski definition) is 0. The minimum Gasteiger partial charge on any atom is -0.274 e. The Balaban J connectivity index is 2.32. The molecule has 3 nitrogen and oxygen atoms in total. The van der Waals surface area contributed by atoms with Crippen LogP contribution >= 0.6 is 11.8 Å². The third kappa shape index (κ3) is 3.43. The summed E-state index contributed by atoms with van der Waals surface area (Å²) in [6.45, 7) is 6.65. The number of rotatable bonds is 7. The molecule has 0 aliphatic carbocycles. The number of amides is 2. The maximum Gasteiger partial charge on any atom is 0.267 e. The van der Waals surface area contributed by atoms with E-state index < -0.39 is 0 Å². The van der Waals surface area contributed by atoms with Crippen LogP contribution in [0.1, 0.15) is 44.2 Å². The fourth-order valence-electron chi connectivity index (χ4n) is 2.53. The maximum atomic E-state index is 12.7. The maximum absolute atomic E-state index is 12.7. The summed E-state index contributed by atoms with van der Waals surface area (Å²) in [6.07, 6.45) is 2.98. The zero-order valence-electron chi connectivity index (χ0n) is 13.5. The second kappa shape index (κ2) is 7.63. The van der Waals surface area contributed by atoms with Crippen LogP contribution in [-0.2, 0) is 9.59 Å². The van der Waals surface area contributed by atoms with Gasteiger partial charge >= 0.3 is 0 Å². The summed E-state index contributed by atoms with van der Waals surface area (Å²) in [5, 5.41) is 0. The van der Waals surface area contributed by atoms with Gasteiger partial charge in [0.05, 0.1) is 10.5 Å². The summed E-state index contributed by atoms with van der Waals surface area (Å²) in [7, 11) is 0. The van der Waals surface area contributed by atoms with Crippen molar-refractivity contribution in [1.82, 2.24) is 4.90 Å². The Morgan fingerprint density at radius 3 is 2.27 bits per heavy atom. The van der Waals surface area contributed by atoms with Gasteiger partial charge < -0.3 is 0 Å². The van der Waals surface area contributed by atoms with Crippen molar-refractivity contribution in [2.24, 2.45) is 0 Å². The Hall–Kier alpha value is -1.55. The monoisotopic (exact) mass is 317 g/mol. The summed E-state index contributed by atoms with van der Waals surface area (Å²) < 4.78 is 0. The minimum absolute atomic E-state index is 0.122. The van der Waals surface area contributed by atoms with E-state index in [0.717, 1.165) is 36.1 Å². The van der Waals surface area contributed by atoms with Crippen LogP contribution in [0, 0.1) is 6.92 Å². The van der Waals surface area contributed by atoms with Crippen LogP contribution in [0.3, 0.4) is 0 Å². The first-order valence-electron chi connectivity index (χ1n) is 7.90. The van der Waals surface area contributed by atoms with Crippen LogP contribution in [0.15, 0.2) is 29.2 Å². The lowest BCUT2D eigenvalue weighted by Gasteiger charge is -2.14. The number of unbranched alkanes of at least 4 members (excludes halogenated alkanes) is 2. The third-order valence-corrected chi connectivity index (χ3v) is 4.70. The molecule has 2 amide bonds. The van der Waals surface area contributed by atoms with Gasteiger partial charge in [0.25, 0.3) is 11.8 Å². The molecule has 118 valence electrons. The highest BCUT2D eigenvalue weighted by Crippen LogP contribution is 2.36. The van der Waals surface area contributed by atoms with Gasteiger partial charge in [-0.3, -0.25) is 14.5 Å². The number of aryl methyl sites for hydroxylation is 1. The molecule has 1 aromatic carbocycles. The highest BCUT2D eigenvalue weighted by Gasteiger charge is 2.38. The second-order valence-electron chi connectivity index (χ2n) is 5.47. The Morgan fingerprint density at radius 2 is 1.68 bits per heavy atom. The number of nitrogens with zero attached hydrogens (tertiary/aromatic N) is 1. The molecule has 0 radical (unpaired) electrons. The van der Waals surface area contributed by atoms with Gasteiger partial charge in [-0.05, 0) is 24.7 Å². The number of carbonyl (C=O) groups is 2. The Morgan fingerprint density at radius 1 is 1.00 bits per heavy atom. The van der Waals surface area contributed by atoms with Gasteiger partial charge in [-0.25, -0.2) is 0 Å². The van der Waals surface area contributed by atoms with Crippen LogP contribution in [0.5, 0.6) is 0 Å². The fraction of sp³-hybridized carbons (Fsp3) is 0.444. The van der Waals surface area contributed by atoms with E-state index in [1.807, 2.05) is 38.1 Å². The second-order valence-corrected chi connectivity index (χ2v) is 6.75. The van der Waals surface area contributed by atoms with Gasteiger partial charge in [0.1, 0.15) is 0 Å². The summed E-state index contributed by atoms with van der Waals surface area (Å²) in [4.78, 5) is 27.3. The normalized spacial score (nSPS) is 15.1. The molecule has 0 aromatic heterocycles. The molecule has 1 aliphatic rings. The molecule has 0 unspecified atom stereocenters. The van der Waals surface area contributed by atoms with Crippen LogP contribution < -0.4 is 0 Å². The predicted octanol–water partition coefficient (Wildman–Crippen LogP) is 4.02. The van der Waals surface area contributed by atoms with E-state index in [-0.39, 0.29) is 11.8 Å². The molecule has 1 heterocycles. The van der Waals surface area contributed by atoms with E-state index >= 15 is 0 Å². The molecule has 1 aliphatic heterocycles. The summed E-state index contributed by atoms with van der Waals surface area (Å²) in [5.74, 6) is 0.524. The third-order valence-electron chi connectivity index (χ3n) is 3.74. The molecule has 0 saturated carbocycles. The highest BCUT2D eigenvalue weighted by molar-refractivity contribution is 8.04. The average molecular weight is 317 g/mol. The summed E-state index contributed by atoms with van der Waals surface area (Å²) in [6, 6.07) is 7.82. The van der Waals surface area contributed by atoms with Gasteiger partial charge in [0, 0.05) is 6.54 Å². The Kier molecular flexibility index (Phi) is 5.83. The molecule has 0 N–H and O–H groups in total. The van der Waals surface area contributed by atoms with Crippen molar-refractivity contribution in [2.75, 3.05) is 12.3 Å². The minimum atomic E-state index is -0.138. The van der Waals surface area contributed by atoms with Crippen LogP contribution in [0.25, 0.3) is 5.57 Å². The Bertz CT molecular complexity index is 590. The van der Waals surface area contributed by atoms with Gasteiger partial charge in [0.2, 0.25) is 0 Å². The van der Waals surface area contributed by atoms with Crippen molar-refractivity contribution in [3.8, 4) is 0 Å². The SMILES string of the molecule is CCCCCN1C(=O)C(SCC)=C(c2ccc(C)cc2)C1=O. The lowest BCUT2D eigenvalue weighted by atomic mass is 10.0. The first-order chi connectivity index (χ1) is 10.6. The van der Waals surface area contributed by atoms with Crippen molar-refractivity contribution < 1.29 is 9.59 Å². The van der Waals surface area contributed by atoms with Gasteiger partial charge in [-0.15, -0.1) is 11.8 Å². The van der Waals surface area contributed by atoms with Gasteiger partial charge in [0.15, 0.2) is 0 Å². The zero-order valence-corrected chi connectivity index (χ0v) is 14.3. The van der Waals surface area contributed by atoms with Gasteiger partial charge in [-0.2, -0.15) is 0 Å². The van der Waals surface area contributed by atoms with E-state index in [1.54, 1.807) is 0 Å². The number of hydrogen-bond acceptors (Lipinski definition) is 3. The molecule has 0 spiro atoms. The van der Waals surface area contributed by atoms with Crippen LogP contribution in [-0.4, -0.2) is 29.0 Å². The van der Waals surface area contributed by atoms with Crippen molar-refractivity contribution in [3.05, 3.63) is 40.3 Å². The molecule has 0 bridgehead atoms. The molecule has 0 saturated heterocycles. The van der Waals surface area contributed by atoms with E-state index in [1.165, 1.54) is 16.7 Å². The Labute approximate surface area is 136 Å². The average Bonchev–Trinajstić information content (AvgIpc) is 2.73. The number of benzene rings is 1. The molecule has 4 heteroatoms. The first-order valence-corrected chi connectivity index (χ1v) is 8.89. The lowest BCUT2D eigenvalue weighted by molar-refractivity contribution is -0.136. The quantitative estimate of drug-likeness (QED) is 0.563. The molecule has 0 atom stereocenters. The van der Waals surface area contributed by atoms with Crippen LogP contribution in [0.4, 0.5) is 0 Å². The van der Waals surface area contributed by atoms with E-state index in [2.05, 4.69) is 6.92 Å². The largest absolute Gasteiger partial charge is 0.274 e. The predicted molar refractivity (Wildman–Crippen MR) is 92.5 cm³/mol. The molecule has 2 rings (SSSR count). The van der Waals surface area contributed by atoms with Crippen molar-refractivity contribution in [3.63, 3.8) is 0 Å². The standard InChI is InChI=1S/C18H23NO2S/c1-4-6-7-12-19-17(20)15(16(18(19)21)22-5-2)14-10-8-13(3)9-11-14/h8-11H,4-7,12H2,1-3H3. The topological polar surface area (TPSA) is 37.4 Å². The smallest absolute Gasteiger partial charge is 0.267 e. The van der Waals surface area contributed by atoms with Crippen molar-refractivity contribution >= 4 is 29.1 Å². The molecular weight excluding hydrogens is 294 g/mol. The fourth-order valence-corrected chi connectivity index (χ4v) is 3.40. The van der Waals surface area contributed by atoms with E-state index in [4.69, 9.17) is 0 Å². The summed E-state index contributed by atoms with van der Waals surface area (Å²) >= 11 is 1.47. The molecular formula is C18H23NO2S. The highest BCUT2D eigenvalue weighted by atomic mass is 32.2. The first kappa shape index (κ1) is 16.8. The molecule has 0 fully saturated rings. The van der Waals surface area contributed by atoms with E-state index in [9.17, 15) is 9.59 Å². The zero-order chi connectivity index (χ0) is 16.1. The molecule has 1 aromatic rings.